The molecule has 1 amide bonds. The Morgan fingerprint density at radius 1 is 1.04 bits per heavy atom. The number of hydrogen-bond acceptors (Lipinski definition) is 2. The summed E-state index contributed by atoms with van der Waals surface area (Å²) < 4.78 is 26.2. The van der Waals surface area contributed by atoms with E-state index in [0.29, 0.717) is 31.1 Å². The lowest BCUT2D eigenvalue weighted by molar-refractivity contribution is -0.133. The standard InChI is InChI=1S/C21H23ClF2N2O/c1-15(16-2-5-18(23)6-3-16)12-21(27)26-10-8-25(9-11-26)14-17-4-7-19(24)13-20(17)22/h2-7,13,15H,8-12,14H2,1H3. The normalized spacial score (nSPS) is 16.4. The van der Waals surface area contributed by atoms with Crippen LogP contribution in [0.2, 0.25) is 5.02 Å². The second-order valence-electron chi connectivity index (χ2n) is 7.05. The fourth-order valence-corrected chi connectivity index (χ4v) is 3.57. The molecule has 1 saturated heterocycles. The van der Waals surface area contributed by atoms with Crippen LogP contribution in [0.5, 0.6) is 0 Å². The Bertz CT molecular complexity index is 789. The molecule has 6 heteroatoms. The largest absolute Gasteiger partial charge is 0.340 e. The fourth-order valence-electron chi connectivity index (χ4n) is 3.35. The van der Waals surface area contributed by atoms with Crippen molar-refractivity contribution in [2.24, 2.45) is 0 Å². The summed E-state index contributed by atoms with van der Waals surface area (Å²) >= 11 is 6.10. The van der Waals surface area contributed by atoms with Crippen molar-refractivity contribution in [3.63, 3.8) is 0 Å². The van der Waals surface area contributed by atoms with Crippen molar-refractivity contribution in [1.82, 2.24) is 9.80 Å². The van der Waals surface area contributed by atoms with Crippen molar-refractivity contribution in [3.8, 4) is 0 Å². The van der Waals surface area contributed by atoms with Crippen LogP contribution in [0, 0.1) is 11.6 Å². The molecule has 0 spiro atoms. The van der Waals surface area contributed by atoms with Gasteiger partial charge in [0.1, 0.15) is 11.6 Å². The van der Waals surface area contributed by atoms with E-state index >= 15 is 0 Å². The lowest BCUT2D eigenvalue weighted by Crippen LogP contribution is -2.48. The maximum absolute atomic E-state index is 13.2. The molecular formula is C21H23ClF2N2O. The Hall–Kier alpha value is -1.98. The molecule has 0 bridgehead atoms. The Kier molecular flexibility index (Phi) is 6.45. The molecule has 1 atom stereocenters. The van der Waals surface area contributed by atoms with E-state index in [-0.39, 0.29) is 23.5 Å². The SMILES string of the molecule is CC(CC(=O)N1CCN(Cc2ccc(F)cc2Cl)CC1)c1ccc(F)cc1. The van der Waals surface area contributed by atoms with Gasteiger partial charge >= 0.3 is 0 Å². The van der Waals surface area contributed by atoms with Gasteiger partial charge in [-0.2, -0.15) is 0 Å². The number of amides is 1. The highest BCUT2D eigenvalue weighted by Gasteiger charge is 2.23. The molecule has 0 aliphatic carbocycles. The highest BCUT2D eigenvalue weighted by Crippen LogP contribution is 2.22. The molecule has 2 aromatic rings. The Morgan fingerprint density at radius 2 is 1.67 bits per heavy atom. The van der Waals surface area contributed by atoms with Crippen LogP contribution in [-0.4, -0.2) is 41.9 Å². The Balaban J connectivity index is 1.49. The van der Waals surface area contributed by atoms with Gasteiger partial charge in [0.05, 0.1) is 0 Å². The van der Waals surface area contributed by atoms with Crippen molar-refractivity contribution in [1.29, 1.82) is 0 Å². The lowest BCUT2D eigenvalue weighted by Gasteiger charge is -2.35. The first-order chi connectivity index (χ1) is 12.9. The molecule has 2 aromatic carbocycles. The van der Waals surface area contributed by atoms with Crippen LogP contribution in [0.4, 0.5) is 8.78 Å². The number of carbonyl (C=O) groups is 1. The highest BCUT2D eigenvalue weighted by molar-refractivity contribution is 6.31. The van der Waals surface area contributed by atoms with E-state index in [9.17, 15) is 13.6 Å². The maximum atomic E-state index is 13.2. The summed E-state index contributed by atoms with van der Waals surface area (Å²) in [5, 5.41) is 0.432. The van der Waals surface area contributed by atoms with Crippen LogP contribution < -0.4 is 0 Å². The van der Waals surface area contributed by atoms with E-state index in [0.717, 1.165) is 24.2 Å². The van der Waals surface area contributed by atoms with Crippen molar-refractivity contribution in [2.75, 3.05) is 26.2 Å². The summed E-state index contributed by atoms with van der Waals surface area (Å²) in [6.45, 7) is 5.46. The number of nitrogens with zero attached hydrogens (tertiary/aromatic N) is 2. The third-order valence-electron chi connectivity index (χ3n) is 5.05. The smallest absolute Gasteiger partial charge is 0.223 e. The maximum Gasteiger partial charge on any atom is 0.223 e. The van der Waals surface area contributed by atoms with Crippen molar-refractivity contribution < 1.29 is 13.6 Å². The summed E-state index contributed by atoms with van der Waals surface area (Å²) in [4.78, 5) is 16.7. The first kappa shape index (κ1) is 19.8. The van der Waals surface area contributed by atoms with E-state index in [1.54, 1.807) is 18.2 Å². The predicted octanol–water partition coefficient (Wildman–Crippen LogP) is 4.46. The molecule has 1 aliphatic heterocycles. The fraction of sp³-hybridized carbons (Fsp3) is 0.381. The molecular weight excluding hydrogens is 370 g/mol. The van der Waals surface area contributed by atoms with E-state index in [1.807, 2.05) is 11.8 Å². The molecule has 0 radical (unpaired) electrons. The molecule has 1 unspecified atom stereocenters. The summed E-state index contributed by atoms with van der Waals surface area (Å²) in [6.07, 6.45) is 0.412. The Labute approximate surface area is 163 Å². The van der Waals surface area contributed by atoms with Gasteiger partial charge < -0.3 is 4.90 Å². The zero-order chi connectivity index (χ0) is 19.4. The third kappa shape index (κ3) is 5.27. The molecule has 0 aromatic heterocycles. The minimum atomic E-state index is -0.338. The van der Waals surface area contributed by atoms with Crippen LogP contribution in [0.1, 0.15) is 30.4 Å². The molecule has 0 saturated carbocycles. The molecule has 3 rings (SSSR count). The number of halogens is 3. The number of piperazine rings is 1. The highest BCUT2D eigenvalue weighted by atomic mass is 35.5. The average Bonchev–Trinajstić information content (AvgIpc) is 2.65. The quantitative estimate of drug-likeness (QED) is 0.750. The molecule has 0 N–H and O–H groups in total. The molecule has 1 aliphatic rings. The van der Waals surface area contributed by atoms with E-state index in [1.165, 1.54) is 24.3 Å². The minimum Gasteiger partial charge on any atom is -0.340 e. The second-order valence-corrected chi connectivity index (χ2v) is 7.46. The Morgan fingerprint density at radius 3 is 2.30 bits per heavy atom. The predicted molar refractivity (Wildman–Crippen MR) is 103 cm³/mol. The van der Waals surface area contributed by atoms with Crippen molar-refractivity contribution in [2.45, 2.75) is 25.8 Å². The number of benzene rings is 2. The summed E-state index contributed by atoms with van der Waals surface area (Å²) in [5.41, 5.74) is 1.86. The molecule has 3 nitrogen and oxygen atoms in total. The first-order valence-corrected chi connectivity index (χ1v) is 9.49. The van der Waals surface area contributed by atoms with Gasteiger partial charge in [0.2, 0.25) is 5.91 Å². The summed E-state index contributed by atoms with van der Waals surface area (Å²) in [6, 6.07) is 10.8. The first-order valence-electron chi connectivity index (χ1n) is 9.12. The van der Waals surface area contributed by atoms with Gasteiger partial charge in [-0.05, 0) is 41.3 Å². The monoisotopic (exact) mass is 392 g/mol. The third-order valence-corrected chi connectivity index (χ3v) is 5.41. The van der Waals surface area contributed by atoms with E-state index in [4.69, 9.17) is 11.6 Å². The number of hydrogen-bond donors (Lipinski definition) is 0. The van der Waals surface area contributed by atoms with Gasteiger partial charge in [-0.3, -0.25) is 9.69 Å². The van der Waals surface area contributed by atoms with Gasteiger partial charge in [0.15, 0.2) is 0 Å². The van der Waals surface area contributed by atoms with Gasteiger partial charge in [-0.25, -0.2) is 8.78 Å². The molecule has 144 valence electrons. The van der Waals surface area contributed by atoms with Crippen LogP contribution in [-0.2, 0) is 11.3 Å². The lowest BCUT2D eigenvalue weighted by atomic mass is 9.97. The summed E-state index contributed by atoms with van der Waals surface area (Å²) in [7, 11) is 0. The second kappa shape index (κ2) is 8.81. The van der Waals surface area contributed by atoms with Gasteiger partial charge in [0.25, 0.3) is 0 Å². The van der Waals surface area contributed by atoms with Crippen molar-refractivity contribution in [3.05, 3.63) is 70.2 Å². The number of rotatable bonds is 5. The zero-order valence-corrected chi connectivity index (χ0v) is 16.1. The van der Waals surface area contributed by atoms with E-state index < -0.39 is 0 Å². The average molecular weight is 393 g/mol. The van der Waals surface area contributed by atoms with Gasteiger partial charge in [-0.1, -0.05) is 36.7 Å². The number of carbonyl (C=O) groups excluding carboxylic acids is 1. The van der Waals surface area contributed by atoms with Crippen molar-refractivity contribution >= 4 is 17.5 Å². The molecule has 1 fully saturated rings. The van der Waals surface area contributed by atoms with Crippen LogP contribution in [0.3, 0.4) is 0 Å². The van der Waals surface area contributed by atoms with E-state index in [2.05, 4.69) is 4.90 Å². The van der Waals surface area contributed by atoms with Gasteiger partial charge in [-0.15, -0.1) is 0 Å². The summed E-state index contributed by atoms with van der Waals surface area (Å²) in [5.74, 6) is -0.440. The topological polar surface area (TPSA) is 23.6 Å². The molecule has 1 heterocycles. The van der Waals surface area contributed by atoms with Crippen LogP contribution >= 0.6 is 11.6 Å². The van der Waals surface area contributed by atoms with Gasteiger partial charge in [0, 0.05) is 44.2 Å². The van der Waals surface area contributed by atoms with Crippen LogP contribution in [0.15, 0.2) is 42.5 Å². The molecule has 27 heavy (non-hydrogen) atoms. The van der Waals surface area contributed by atoms with Crippen LogP contribution in [0.25, 0.3) is 0 Å². The minimum absolute atomic E-state index is 0.0501. The zero-order valence-electron chi connectivity index (χ0n) is 15.3.